The van der Waals surface area contributed by atoms with Crippen LogP contribution in [0.4, 0.5) is 5.82 Å². The number of hydrogen-bond acceptors (Lipinski definition) is 3. The van der Waals surface area contributed by atoms with Crippen molar-refractivity contribution in [2.24, 2.45) is 0 Å². The number of aryl methyl sites for hydroxylation is 1. The molecule has 4 nitrogen and oxygen atoms in total. The number of anilines is 1. The van der Waals surface area contributed by atoms with Gasteiger partial charge in [0.05, 0.1) is 6.20 Å². The maximum atomic E-state index is 11.8. The van der Waals surface area contributed by atoms with E-state index < -0.39 is 0 Å². The van der Waals surface area contributed by atoms with Crippen molar-refractivity contribution in [2.45, 2.75) is 32.7 Å². The second-order valence-electron chi connectivity index (χ2n) is 4.43. The highest BCUT2D eigenvalue weighted by Crippen LogP contribution is 2.14. The molecule has 0 saturated carbocycles. The summed E-state index contributed by atoms with van der Waals surface area (Å²) in [5.74, 6) is 0.795. The number of aromatic nitrogens is 2. The van der Waals surface area contributed by atoms with E-state index in [0.29, 0.717) is 6.42 Å². The molecule has 0 aliphatic carbocycles. The maximum absolute atomic E-state index is 11.8. The molecule has 2 aromatic rings. The number of hydrogen-bond donors (Lipinski definition) is 1. The van der Waals surface area contributed by atoms with Crippen molar-refractivity contribution in [1.82, 2.24) is 9.78 Å². The quantitative estimate of drug-likeness (QED) is 0.901. The van der Waals surface area contributed by atoms with Crippen molar-refractivity contribution >= 4 is 23.1 Å². The van der Waals surface area contributed by atoms with E-state index in [1.54, 1.807) is 17.5 Å². The van der Waals surface area contributed by atoms with Gasteiger partial charge in [-0.25, -0.2) is 4.68 Å². The molecule has 0 aromatic carbocycles. The number of nitrogens with one attached hydrogen (secondary N) is 1. The van der Waals surface area contributed by atoms with Crippen LogP contribution in [0.15, 0.2) is 29.1 Å². The Hall–Kier alpha value is -1.62. The molecule has 0 unspecified atom stereocenters. The molecule has 1 N–H and O–H groups in total. The molecule has 2 aromatic heterocycles. The first kappa shape index (κ1) is 12.8. The highest BCUT2D eigenvalue weighted by molar-refractivity contribution is 7.07. The van der Waals surface area contributed by atoms with Gasteiger partial charge in [-0.05, 0) is 42.7 Å². The van der Waals surface area contributed by atoms with Gasteiger partial charge in [-0.15, -0.1) is 0 Å². The van der Waals surface area contributed by atoms with E-state index in [1.165, 1.54) is 5.56 Å². The van der Waals surface area contributed by atoms with Crippen molar-refractivity contribution < 1.29 is 4.79 Å². The van der Waals surface area contributed by atoms with Gasteiger partial charge in [0.2, 0.25) is 5.91 Å². The minimum atomic E-state index is 0.0311. The summed E-state index contributed by atoms with van der Waals surface area (Å²) in [5, 5.41) is 11.2. The fourth-order valence-corrected chi connectivity index (χ4v) is 2.43. The fourth-order valence-electron chi connectivity index (χ4n) is 1.72. The zero-order chi connectivity index (χ0) is 13.0. The molecule has 0 atom stereocenters. The third-order valence-corrected chi connectivity index (χ3v) is 3.38. The van der Waals surface area contributed by atoms with Gasteiger partial charge in [0.1, 0.15) is 5.82 Å². The average Bonchev–Trinajstić information content (AvgIpc) is 2.96. The Balaban J connectivity index is 1.89. The number of rotatable bonds is 5. The van der Waals surface area contributed by atoms with Crippen molar-refractivity contribution in [2.75, 3.05) is 5.32 Å². The lowest BCUT2D eigenvalue weighted by Gasteiger charge is -2.11. The first-order valence-electron chi connectivity index (χ1n) is 6.01. The molecule has 2 rings (SSSR count). The molecule has 0 spiro atoms. The van der Waals surface area contributed by atoms with Crippen LogP contribution in [0.3, 0.4) is 0 Å². The summed E-state index contributed by atoms with van der Waals surface area (Å²) in [4.78, 5) is 11.8. The van der Waals surface area contributed by atoms with Gasteiger partial charge >= 0.3 is 0 Å². The van der Waals surface area contributed by atoms with Crippen LogP contribution in [-0.2, 0) is 11.2 Å². The molecule has 0 bridgehead atoms. The molecule has 0 saturated heterocycles. The van der Waals surface area contributed by atoms with Crippen LogP contribution < -0.4 is 5.32 Å². The molecule has 0 fully saturated rings. The van der Waals surface area contributed by atoms with Crippen LogP contribution in [-0.4, -0.2) is 15.7 Å². The number of amides is 1. The second-order valence-corrected chi connectivity index (χ2v) is 5.21. The third-order valence-electron chi connectivity index (χ3n) is 2.65. The van der Waals surface area contributed by atoms with Crippen molar-refractivity contribution in [3.05, 3.63) is 34.7 Å². The topological polar surface area (TPSA) is 46.9 Å². The summed E-state index contributed by atoms with van der Waals surface area (Å²) in [6.45, 7) is 4.07. The van der Waals surface area contributed by atoms with Gasteiger partial charge in [-0.2, -0.15) is 16.4 Å². The molecule has 18 heavy (non-hydrogen) atoms. The number of carbonyl (C=O) groups is 1. The van der Waals surface area contributed by atoms with E-state index in [9.17, 15) is 4.79 Å². The zero-order valence-corrected chi connectivity index (χ0v) is 11.4. The van der Waals surface area contributed by atoms with Crippen LogP contribution >= 0.6 is 11.3 Å². The van der Waals surface area contributed by atoms with E-state index in [0.717, 1.165) is 12.2 Å². The molecular formula is C13H17N3OS. The number of thiophene rings is 1. The normalized spacial score (nSPS) is 10.8. The standard InChI is InChI=1S/C13H17N3OS/c1-10(2)16-12(5-7-14-16)15-13(17)4-3-11-6-8-18-9-11/h5-10H,3-4H2,1-2H3,(H,15,17). The van der Waals surface area contributed by atoms with Gasteiger partial charge < -0.3 is 5.32 Å². The summed E-state index contributed by atoms with van der Waals surface area (Å²) in [6.07, 6.45) is 2.99. The molecule has 96 valence electrons. The largest absolute Gasteiger partial charge is 0.311 e. The van der Waals surface area contributed by atoms with Gasteiger partial charge in [0.15, 0.2) is 0 Å². The van der Waals surface area contributed by atoms with Crippen molar-refractivity contribution in [3.8, 4) is 0 Å². The Morgan fingerprint density at radius 2 is 2.33 bits per heavy atom. The predicted octanol–water partition coefficient (Wildman–Crippen LogP) is 3.10. The van der Waals surface area contributed by atoms with E-state index >= 15 is 0 Å². The predicted molar refractivity (Wildman–Crippen MR) is 73.9 cm³/mol. The van der Waals surface area contributed by atoms with Crippen LogP contribution in [0.25, 0.3) is 0 Å². The summed E-state index contributed by atoms with van der Waals surface area (Å²) >= 11 is 1.66. The summed E-state index contributed by atoms with van der Waals surface area (Å²) < 4.78 is 1.81. The van der Waals surface area contributed by atoms with Crippen LogP contribution in [0.1, 0.15) is 31.9 Å². The lowest BCUT2D eigenvalue weighted by Crippen LogP contribution is -2.16. The van der Waals surface area contributed by atoms with Gasteiger partial charge in [0.25, 0.3) is 0 Å². The van der Waals surface area contributed by atoms with Gasteiger partial charge in [0, 0.05) is 18.5 Å². The van der Waals surface area contributed by atoms with Crippen molar-refractivity contribution in [1.29, 1.82) is 0 Å². The summed E-state index contributed by atoms with van der Waals surface area (Å²) in [7, 11) is 0. The highest BCUT2D eigenvalue weighted by atomic mass is 32.1. The average molecular weight is 263 g/mol. The molecular weight excluding hydrogens is 246 g/mol. The summed E-state index contributed by atoms with van der Waals surface area (Å²) in [6, 6.07) is 4.12. The Morgan fingerprint density at radius 3 is 3.00 bits per heavy atom. The van der Waals surface area contributed by atoms with E-state index in [1.807, 2.05) is 30.0 Å². The van der Waals surface area contributed by atoms with Crippen molar-refractivity contribution in [3.63, 3.8) is 0 Å². The van der Waals surface area contributed by atoms with Crippen LogP contribution in [0.5, 0.6) is 0 Å². The third kappa shape index (κ3) is 3.20. The lowest BCUT2D eigenvalue weighted by molar-refractivity contribution is -0.116. The second kappa shape index (κ2) is 5.82. The van der Waals surface area contributed by atoms with E-state index in [-0.39, 0.29) is 11.9 Å². The molecule has 0 radical (unpaired) electrons. The Morgan fingerprint density at radius 1 is 1.50 bits per heavy atom. The van der Waals surface area contributed by atoms with E-state index in [2.05, 4.69) is 21.9 Å². The molecule has 0 aliphatic rings. The molecule has 0 aliphatic heterocycles. The lowest BCUT2D eigenvalue weighted by atomic mass is 10.2. The zero-order valence-electron chi connectivity index (χ0n) is 10.6. The minimum Gasteiger partial charge on any atom is -0.311 e. The van der Waals surface area contributed by atoms with Gasteiger partial charge in [-0.3, -0.25) is 4.79 Å². The van der Waals surface area contributed by atoms with Crippen LogP contribution in [0.2, 0.25) is 0 Å². The smallest absolute Gasteiger partial charge is 0.225 e. The summed E-state index contributed by atoms with van der Waals surface area (Å²) in [5.41, 5.74) is 1.22. The number of nitrogens with zero attached hydrogens (tertiary/aromatic N) is 2. The molecule has 1 amide bonds. The van der Waals surface area contributed by atoms with Crippen LogP contribution in [0, 0.1) is 0 Å². The Bertz CT molecular complexity index is 502. The Labute approximate surface area is 111 Å². The first-order valence-corrected chi connectivity index (χ1v) is 6.95. The first-order chi connectivity index (χ1) is 8.66. The maximum Gasteiger partial charge on any atom is 0.225 e. The van der Waals surface area contributed by atoms with Gasteiger partial charge in [-0.1, -0.05) is 0 Å². The fraction of sp³-hybridized carbons (Fsp3) is 0.385. The SMILES string of the molecule is CC(C)n1nccc1NC(=O)CCc1ccsc1. The monoisotopic (exact) mass is 263 g/mol. The minimum absolute atomic E-state index is 0.0311. The number of carbonyl (C=O) groups excluding carboxylic acids is 1. The molecule has 2 heterocycles. The molecule has 5 heteroatoms. The highest BCUT2D eigenvalue weighted by Gasteiger charge is 2.09. The Kier molecular flexibility index (Phi) is 4.15. The van der Waals surface area contributed by atoms with E-state index in [4.69, 9.17) is 0 Å².